The fraction of sp³-hybridized carbons (Fsp3) is 0.625. The standard InChI is InChI=1S/C40H51F2N5O10S/c1-22-11-6-7-12-24-20-40(24,36(50)46-58(52,53)39(5)16-17-39)45-31(48)29-19-25(56-33-28-14-9-8-13-26(28)27-15-10-18-54-32(27)44-33)21-47(29)34(49)30(23(2)55-22)43-37(51)57-38(3,4)35(41)42/h7-9,12-14,22-25,29-30,35H,6,10-11,15-21H2,1-5H3,(H,43,51)(H,45,48)(H,46,50)/b12-7-/t22-,23+,24-,25-,29+,30+,40-/m1/s1. The van der Waals surface area contributed by atoms with Crippen LogP contribution in [-0.4, -0.2) is 108 Å². The molecule has 3 fully saturated rings. The Morgan fingerprint density at radius 3 is 2.57 bits per heavy atom. The minimum Gasteiger partial charge on any atom is -0.477 e. The molecule has 15 nitrogen and oxygen atoms in total. The zero-order valence-corrected chi connectivity index (χ0v) is 34.0. The molecule has 1 aromatic heterocycles. The number of benzene rings is 1. The fourth-order valence-electron chi connectivity index (χ4n) is 7.84. The number of nitrogens with zero attached hydrogens (tertiary/aromatic N) is 2. The summed E-state index contributed by atoms with van der Waals surface area (Å²) >= 11 is 0. The summed E-state index contributed by atoms with van der Waals surface area (Å²) in [6.45, 7) is 7.21. The summed E-state index contributed by atoms with van der Waals surface area (Å²) in [6, 6.07) is 4.69. The van der Waals surface area contributed by atoms with Crippen LogP contribution in [0.3, 0.4) is 0 Å². The average Bonchev–Trinajstić information content (AvgIpc) is 4.05. The average molecular weight is 832 g/mol. The zero-order valence-electron chi connectivity index (χ0n) is 33.2. The van der Waals surface area contributed by atoms with Crippen molar-refractivity contribution in [1.82, 2.24) is 25.2 Å². The van der Waals surface area contributed by atoms with Crippen LogP contribution in [0.5, 0.6) is 11.8 Å². The largest absolute Gasteiger partial charge is 0.477 e. The molecular weight excluding hydrogens is 781 g/mol. The van der Waals surface area contributed by atoms with E-state index in [1.54, 1.807) is 26.8 Å². The van der Waals surface area contributed by atoms with Gasteiger partial charge in [-0.25, -0.2) is 22.0 Å². The summed E-state index contributed by atoms with van der Waals surface area (Å²) in [7, 11) is -4.07. The highest BCUT2D eigenvalue weighted by molar-refractivity contribution is 7.91. The van der Waals surface area contributed by atoms with Gasteiger partial charge in [-0.1, -0.05) is 30.4 Å². The number of aromatic nitrogens is 1. The number of carbonyl (C=O) groups is 4. The van der Waals surface area contributed by atoms with Crippen molar-refractivity contribution in [3.05, 3.63) is 42.0 Å². The Morgan fingerprint density at radius 1 is 1.14 bits per heavy atom. The second kappa shape index (κ2) is 15.5. The van der Waals surface area contributed by atoms with Gasteiger partial charge in [0.2, 0.25) is 33.6 Å². The number of pyridine rings is 1. The van der Waals surface area contributed by atoms with Crippen molar-refractivity contribution >= 4 is 44.6 Å². The molecule has 18 heteroatoms. The second-order valence-corrected chi connectivity index (χ2v) is 19.1. The first-order chi connectivity index (χ1) is 27.3. The van der Waals surface area contributed by atoms with Crippen LogP contribution in [0, 0.1) is 5.92 Å². The molecule has 0 unspecified atom stereocenters. The zero-order chi connectivity index (χ0) is 41.8. The van der Waals surface area contributed by atoms with Crippen molar-refractivity contribution in [3.8, 4) is 11.8 Å². The molecule has 4 amide bonds. The second-order valence-electron chi connectivity index (χ2n) is 16.9. The molecule has 58 heavy (non-hydrogen) atoms. The van der Waals surface area contributed by atoms with E-state index in [4.69, 9.17) is 23.9 Å². The number of rotatable bonds is 8. The Balaban J connectivity index is 1.24. The van der Waals surface area contributed by atoms with Crippen LogP contribution in [-0.2, 0) is 40.3 Å². The predicted molar refractivity (Wildman–Crippen MR) is 206 cm³/mol. The molecule has 2 aliphatic carbocycles. The number of nitrogens with one attached hydrogen (secondary N) is 3. The highest BCUT2D eigenvalue weighted by atomic mass is 32.2. The first-order valence-electron chi connectivity index (χ1n) is 19.8. The Kier molecular flexibility index (Phi) is 11.1. The van der Waals surface area contributed by atoms with Crippen molar-refractivity contribution in [3.63, 3.8) is 0 Å². The van der Waals surface area contributed by atoms with E-state index >= 15 is 0 Å². The molecule has 1 aromatic carbocycles. The van der Waals surface area contributed by atoms with Gasteiger partial charge in [0.1, 0.15) is 23.7 Å². The maximum Gasteiger partial charge on any atom is 0.408 e. The minimum atomic E-state index is -4.07. The van der Waals surface area contributed by atoms with Gasteiger partial charge in [-0.2, -0.15) is 4.98 Å². The molecule has 3 aliphatic heterocycles. The molecule has 0 bridgehead atoms. The number of alkyl halides is 2. The van der Waals surface area contributed by atoms with Crippen LogP contribution in [0.4, 0.5) is 13.6 Å². The number of aryl methyl sites for hydroxylation is 1. The van der Waals surface area contributed by atoms with Gasteiger partial charge in [0.15, 0.2) is 5.60 Å². The molecule has 5 aliphatic rings. The number of sulfonamides is 1. The topological polar surface area (TPSA) is 192 Å². The van der Waals surface area contributed by atoms with Crippen LogP contribution < -0.4 is 24.8 Å². The minimum absolute atomic E-state index is 0.0959. The van der Waals surface area contributed by atoms with E-state index in [0.717, 1.165) is 37.6 Å². The van der Waals surface area contributed by atoms with Gasteiger partial charge < -0.3 is 34.5 Å². The van der Waals surface area contributed by atoms with Gasteiger partial charge in [0.25, 0.3) is 12.3 Å². The third-order valence-corrected chi connectivity index (χ3v) is 14.1. The molecule has 316 valence electrons. The van der Waals surface area contributed by atoms with E-state index in [0.29, 0.717) is 43.6 Å². The molecule has 1 saturated heterocycles. The molecule has 2 aromatic rings. The smallest absolute Gasteiger partial charge is 0.408 e. The van der Waals surface area contributed by atoms with Crippen molar-refractivity contribution in [1.29, 1.82) is 0 Å². The highest BCUT2D eigenvalue weighted by Crippen LogP contribution is 2.48. The number of ether oxygens (including phenoxy) is 4. The third-order valence-electron chi connectivity index (χ3n) is 11.9. The molecule has 0 spiro atoms. The van der Waals surface area contributed by atoms with E-state index < -0.39 is 92.5 Å². The summed E-state index contributed by atoms with van der Waals surface area (Å²) in [4.78, 5) is 62.3. The number of halogens is 2. The molecule has 3 N–H and O–H groups in total. The van der Waals surface area contributed by atoms with Crippen LogP contribution in [0.15, 0.2) is 36.4 Å². The maximum absolute atomic E-state index is 14.8. The predicted octanol–water partition coefficient (Wildman–Crippen LogP) is 4.06. The maximum atomic E-state index is 14.8. The number of fused-ring (bicyclic) bond motifs is 5. The van der Waals surface area contributed by atoms with Gasteiger partial charge in [0, 0.05) is 23.3 Å². The van der Waals surface area contributed by atoms with E-state index in [1.807, 2.05) is 30.3 Å². The molecule has 0 radical (unpaired) electrons. The van der Waals surface area contributed by atoms with E-state index in [-0.39, 0.29) is 25.3 Å². The number of amides is 4. The lowest BCUT2D eigenvalue weighted by molar-refractivity contribution is -0.145. The first-order valence-corrected chi connectivity index (χ1v) is 21.3. The third kappa shape index (κ3) is 8.18. The Labute approximate surface area is 336 Å². The lowest BCUT2D eigenvalue weighted by Crippen LogP contribution is -2.60. The monoisotopic (exact) mass is 831 g/mol. The Morgan fingerprint density at radius 2 is 1.86 bits per heavy atom. The molecule has 2 saturated carbocycles. The van der Waals surface area contributed by atoms with Crippen LogP contribution in [0.2, 0.25) is 0 Å². The summed E-state index contributed by atoms with van der Waals surface area (Å²) in [5, 5.41) is 6.82. The highest BCUT2D eigenvalue weighted by Gasteiger charge is 2.63. The van der Waals surface area contributed by atoms with Gasteiger partial charge in [0.05, 0.1) is 30.1 Å². The van der Waals surface area contributed by atoms with Gasteiger partial charge in [-0.3, -0.25) is 19.1 Å². The van der Waals surface area contributed by atoms with Crippen molar-refractivity contribution in [2.75, 3.05) is 13.2 Å². The molecule has 4 heterocycles. The summed E-state index contributed by atoms with van der Waals surface area (Å²) in [6.07, 6.45) is 0.175. The summed E-state index contributed by atoms with van der Waals surface area (Å²) in [5.74, 6) is -2.35. The van der Waals surface area contributed by atoms with Crippen molar-refractivity contribution < 1.29 is 55.3 Å². The lowest BCUT2D eigenvalue weighted by Gasteiger charge is -2.33. The number of alkyl carbamates (subject to hydrolysis) is 1. The molecule has 7 atom stereocenters. The number of carbonyl (C=O) groups excluding carboxylic acids is 4. The van der Waals surface area contributed by atoms with Crippen LogP contribution in [0.25, 0.3) is 10.8 Å². The Hall–Kier alpha value is -4.58. The first kappa shape index (κ1) is 41.6. The van der Waals surface area contributed by atoms with Gasteiger partial charge in [-0.05, 0) is 91.0 Å². The van der Waals surface area contributed by atoms with Gasteiger partial charge in [-0.15, -0.1) is 0 Å². The molecule has 7 rings (SSSR count). The fourth-order valence-corrected chi connectivity index (χ4v) is 9.15. The quantitative estimate of drug-likeness (QED) is 0.325. The Bertz CT molecular complexity index is 2110. The summed E-state index contributed by atoms with van der Waals surface area (Å²) < 4.78 is 78.6. The van der Waals surface area contributed by atoms with Crippen LogP contribution in [0.1, 0.15) is 85.1 Å². The van der Waals surface area contributed by atoms with E-state index in [1.165, 1.54) is 4.90 Å². The van der Waals surface area contributed by atoms with E-state index in [9.17, 15) is 36.4 Å². The van der Waals surface area contributed by atoms with Crippen molar-refractivity contribution in [2.45, 2.75) is 139 Å². The lowest BCUT2D eigenvalue weighted by atomic mass is 10.0. The summed E-state index contributed by atoms with van der Waals surface area (Å²) in [5.41, 5.74) is -2.89. The SMILES string of the molecule is C[C@@H]1CC/C=C\[C@@H]2C[C@@]2(C(=O)NS(=O)(=O)C2(C)CC2)NC(=O)[C@@H]2C[C@@H](Oc3nc4c(c5ccccc35)CCCO4)CN2C(=O)[C@@H](NC(=O)OC(C)(C)C(F)F)[C@H](C)O1. The normalized spacial score (nSPS) is 30.3. The molecular formula is C40H51F2N5O10S. The van der Waals surface area contributed by atoms with Crippen molar-refractivity contribution in [2.24, 2.45) is 5.92 Å². The number of hydrogen-bond donors (Lipinski definition) is 3. The number of hydrogen-bond acceptors (Lipinski definition) is 11. The van der Waals surface area contributed by atoms with E-state index in [2.05, 4.69) is 15.4 Å². The van der Waals surface area contributed by atoms with Gasteiger partial charge >= 0.3 is 6.09 Å². The number of allylic oxidation sites excluding steroid dienone is 1. The van der Waals surface area contributed by atoms with Crippen LogP contribution >= 0.6 is 0 Å².